The van der Waals surface area contributed by atoms with Crippen molar-refractivity contribution >= 4 is 29.6 Å². The summed E-state index contributed by atoms with van der Waals surface area (Å²) in [5.74, 6) is -4.79. The van der Waals surface area contributed by atoms with Gasteiger partial charge in [0.2, 0.25) is 23.6 Å². The number of hydrogen-bond acceptors (Lipinski definition) is 8. The van der Waals surface area contributed by atoms with E-state index in [4.69, 9.17) is 17.2 Å². The highest BCUT2D eigenvalue weighted by molar-refractivity contribution is 5.95. The molecule has 0 saturated heterocycles. The zero-order valence-corrected chi connectivity index (χ0v) is 21.8. The Balaban J connectivity index is 3.14. The van der Waals surface area contributed by atoms with Crippen LogP contribution >= 0.6 is 0 Å². The van der Waals surface area contributed by atoms with Crippen molar-refractivity contribution in [1.29, 1.82) is 0 Å². The van der Waals surface area contributed by atoms with Crippen molar-refractivity contribution in [1.82, 2.24) is 16.0 Å². The van der Waals surface area contributed by atoms with E-state index in [9.17, 15) is 34.2 Å². The van der Waals surface area contributed by atoms with Gasteiger partial charge in [0.05, 0.1) is 12.5 Å². The van der Waals surface area contributed by atoms with Gasteiger partial charge in [-0.05, 0) is 43.0 Å². The number of rotatable bonds is 17. The van der Waals surface area contributed by atoms with Crippen LogP contribution in [-0.4, -0.2) is 70.5 Å². The van der Waals surface area contributed by atoms with E-state index >= 15 is 0 Å². The molecule has 0 aliphatic rings. The molecule has 4 amide bonds. The summed E-state index contributed by atoms with van der Waals surface area (Å²) in [6.45, 7) is 4.06. The van der Waals surface area contributed by atoms with Crippen LogP contribution in [0.1, 0.15) is 51.5 Å². The lowest BCUT2D eigenvalue weighted by atomic mass is 9.96. The van der Waals surface area contributed by atoms with E-state index in [0.29, 0.717) is 37.8 Å². The molecule has 0 heterocycles. The van der Waals surface area contributed by atoms with Gasteiger partial charge >= 0.3 is 5.97 Å². The zero-order chi connectivity index (χ0) is 28.8. The normalized spacial score (nSPS) is 14.8. The lowest BCUT2D eigenvalue weighted by molar-refractivity contribution is -0.143. The van der Waals surface area contributed by atoms with Crippen molar-refractivity contribution in [3.05, 3.63) is 29.8 Å². The molecule has 1 aromatic rings. The van der Waals surface area contributed by atoms with Gasteiger partial charge < -0.3 is 43.4 Å². The lowest BCUT2D eigenvalue weighted by Gasteiger charge is -2.28. The Bertz CT molecular complexity index is 956. The van der Waals surface area contributed by atoms with Crippen LogP contribution in [0.25, 0.3) is 0 Å². The first-order valence-electron chi connectivity index (χ1n) is 12.5. The Morgan fingerprint density at radius 3 is 2.05 bits per heavy atom. The smallest absolute Gasteiger partial charge is 0.326 e. The highest BCUT2D eigenvalue weighted by atomic mass is 16.4. The van der Waals surface area contributed by atoms with Gasteiger partial charge in [0, 0.05) is 6.42 Å². The molecule has 0 bridgehead atoms. The minimum absolute atomic E-state index is 0.00599. The Morgan fingerprint density at radius 1 is 0.921 bits per heavy atom. The summed E-state index contributed by atoms with van der Waals surface area (Å²) in [6, 6.07) is 1.12. The first kappa shape index (κ1) is 32.3. The number of carbonyl (C=O) groups is 5. The number of nitrogens with one attached hydrogen (secondary N) is 3. The average molecular weight is 537 g/mol. The van der Waals surface area contributed by atoms with Crippen molar-refractivity contribution < 1.29 is 34.2 Å². The van der Waals surface area contributed by atoms with Crippen LogP contribution in [0.3, 0.4) is 0 Å². The number of carboxylic acids is 1. The number of unbranched alkanes of at least 4 members (excludes halogenated alkanes) is 1. The van der Waals surface area contributed by atoms with Gasteiger partial charge in [0.1, 0.15) is 23.9 Å². The summed E-state index contributed by atoms with van der Waals surface area (Å²) in [6.07, 6.45) is 1.55. The minimum atomic E-state index is -1.60. The highest BCUT2D eigenvalue weighted by Gasteiger charge is 2.33. The molecule has 0 aliphatic heterocycles. The standard InChI is InChI=1S/C25H40N6O7/c1-3-14(2)21(31-22(34)17(27)6-4-5-11-26)24(36)29-18(12-15-7-9-16(32)10-8-15)23(35)30-19(25(37)38)13-20(28)33/h7-10,14,17-19,21,32H,3-6,11-13,26-27H2,1-2H3,(H2,28,33)(H,29,36)(H,30,35)(H,31,34)(H,37,38). The van der Waals surface area contributed by atoms with Gasteiger partial charge in [-0.3, -0.25) is 19.2 Å². The molecule has 0 spiro atoms. The van der Waals surface area contributed by atoms with Crippen molar-refractivity contribution in [2.45, 2.75) is 76.5 Å². The number of phenols is 1. The molecular weight excluding hydrogens is 496 g/mol. The summed E-state index contributed by atoms with van der Waals surface area (Å²) in [5.41, 5.74) is 17.1. The van der Waals surface area contributed by atoms with Gasteiger partial charge in [0.25, 0.3) is 0 Å². The van der Waals surface area contributed by atoms with E-state index in [-0.39, 0.29) is 18.1 Å². The van der Waals surface area contributed by atoms with E-state index in [1.54, 1.807) is 6.92 Å². The van der Waals surface area contributed by atoms with E-state index in [1.807, 2.05) is 6.92 Å². The average Bonchev–Trinajstić information content (AvgIpc) is 2.86. The quantitative estimate of drug-likeness (QED) is 0.112. The maximum Gasteiger partial charge on any atom is 0.326 e. The van der Waals surface area contributed by atoms with E-state index < -0.39 is 60.2 Å². The summed E-state index contributed by atoms with van der Waals surface area (Å²) < 4.78 is 0. The Labute approximate surface area is 221 Å². The predicted molar refractivity (Wildman–Crippen MR) is 139 cm³/mol. The molecule has 11 N–H and O–H groups in total. The van der Waals surface area contributed by atoms with Gasteiger partial charge in [-0.2, -0.15) is 0 Å². The third kappa shape index (κ3) is 11.1. The van der Waals surface area contributed by atoms with Gasteiger partial charge in [-0.15, -0.1) is 0 Å². The zero-order valence-electron chi connectivity index (χ0n) is 21.8. The molecule has 5 atom stereocenters. The minimum Gasteiger partial charge on any atom is -0.508 e. The van der Waals surface area contributed by atoms with Gasteiger partial charge in [-0.1, -0.05) is 38.8 Å². The summed E-state index contributed by atoms with van der Waals surface area (Å²) in [5, 5.41) is 26.4. The number of primary amides is 1. The van der Waals surface area contributed by atoms with E-state index in [0.717, 1.165) is 0 Å². The number of amides is 4. The van der Waals surface area contributed by atoms with Gasteiger partial charge in [-0.25, -0.2) is 4.79 Å². The maximum absolute atomic E-state index is 13.3. The van der Waals surface area contributed by atoms with Crippen LogP contribution in [0.2, 0.25) is 0 Å². The molecule has 0 aliphatic carbocycles. The number of benzene rings is 1. The van der Waals surface area contributed by atoms with Crippen LogP contribution in [0.5, 0.6) is 5.75 Å². The molecule has 13 heteroatoms. The monoisotopic (exact) mass is 536 g/mol. The molecule has 5 unspecified atom stereocenters. The van der Waals surface area contributed by atoms with Crippen molar-refractivity contribution in [3.63, 3.8) is 0 Å². The first-order chi connectivity index (χ1) is 17.9. The van der Waals surface area contributed by atoms with E-state index in [2.05, 4.69) is 16.0 Å². The van der Waals surface area contributed by atoms with Crippen LogP contribution in [-0.2, 0) is 30.4 Å². The number of carbonyl (C=O) groups excluding carboxylic acids is 4. The van der Waals surface area contributed by atoms with Crippen molar-refractivity contribution in [3.8, 4) is 5.75 Å². The first-order valence-corrected chi connectivity index (χ1v) is 12.5. The fourth-order valence-electron chi connectivity index (χ4n) is 3.61. The summed E-state index contributed by atoms with van der Waals surface area (Å²) in [7, 11) is 0. The fraction of sp³-hybridized carbons (Fsp3) is 0.560. The topological polar surface area (TPSA) is 240 Å². The Hall–Kier alpha value is -3.71. The highest BCUT2D eigenvalue weighted by Crippen LogP contribution is 2.14. The number of aromatic hydroxyl groups is 1. The SMILES string of the molecule is CCC(C)C(NC(=O)C(N)CCCCN)C(=O)NC(Cc1ccc(O)cc1)C(=O)NC(CC(N)=O)C(=O)O. The number of hydrogen-bond donors (Lipinski definition) is 8. The predicted octanol–water partition coefficient (Wildman–Crippen LogP) is -1.15. The van der Waals surface area contributed by atoms with Crippen LogP contribution in [0, 0.1) is 5.92 Å². The summed E-state index contributed by atoms with van der Waals surface area (Å²) in [4.78, 5) is 61.9. The van der Waals surface area contributed by atoms with Crippen LogP contribution < -0.4 is 33.2 Å². The second-order valence-electron chi connectivity index (χ2n) is 9.26. The van der Waals surface area contributed by atoms with E-state index in [1.165, 1.54) is 24.3 Å². The fourth-order valence-corrected chi connectivity index (χ4v) is 3.61. The Kier molecular flexibility index (Phi) is 13.8. The summed E-state index contributed by atoms with van der Waals surface area (Å²) >= 11 is 0. The largest absolute Gasteiger partial charge is 0.508 e. The number of aliphatic carboxylic acids is 1. The molecule has 1 rings (SSSR count). The Morgan fingerprint density at radius 2 is 1.53 bits per heavy atom. The molecule has 0 fully saturated rings. The number of phenolic OH excluding ortho intramolecular Hbond substituents is 1. The lowest BCUT2D eigenvalue weighted by Crippen LogP contribution is -2.59. The second-order valence-corrected chi connectivity index (χ2v) is 9.26. The van der Waals surface area contributed by atoms with Crippen LogP contribution in [0.15, 0.2) is 24.3 Å². The molecule has 13 nitrogen and oxygen atoms in total. The van der Waals surface area contributed by atoms with Crippen LogP contribution in [0.4, 0.5) is 0 Å². The number of nitrogens with two attached hydrogens (primary N) is 3. The van der Waals surface area contributed by atoms with Gasteiger partial charge in [0.15, 0.2) is 0 Å². The third-order valence-corrected chi connectivity index (χ3v) is 6.13. The van der Waals surface area contributed by atoms with Crippen molar-refractivity contribution in [2.24, 2.45) is 23.1 Å². The molecule has 0 saturated carbocycles. The molecular formula is C25H40N6O7. The number of carboxylic acid groups (broad SMARTS) is 1. The molecule has 38 heavy (non-hydrogen) atoms. The molecule has 212 valence electrons. The van der Waals surface area contributed by atoms with Crippen molar-refractivity contribution in [2.75, 3.05) is 6.54 Å². The molecule has 0 radical (unpaired) electrons. The third-order valence-electron chi connectivity index (χ3n) is 6.13. The second kappa shape index (κ2) is 16.2. The molecule has 0 aromatic heterocycles. The maximum atomic E-state index is 13.3. The molecule has 1 aromatic carbocycles.